The molecule has 0 N–H and O–H groups in total. The first kappa shape index (κ1) is 5.19. The van der Waals surface area contributed by atoms with Gasteiger partial charge in [0.15, 0.2) is 6.42 Å². The Morgan fingerprint density at radius 3 is 2.33 bits per heavy atom. The molecule has 0 aliphatic heterocycles. The van der Waals surface area contributed by atoms with Crippen molar-refractivity contribution in [2.45, 2.75) is 6.42 Å². The third-order valence-corrected chi connectivity index (χ3v) is 0.322. The maximum atomic E-state index is 9.83. The Bertz CT molecular complexity index is 64.3. The second-order valence-electron chi connectivity index (χ2n) is 0.965. The molecule has 0 rings (SSSR count). The summed E-state index contributed by atoms with van der Waals surface area (Å²) < 4.78 is 0. The summed E-state index contributed by atoms with van der Waals surface area (Å²) in [5.74, 6) is -0.134. The molecule has 0 aliphatic carbocycles. The van der Waals surface area contributed by atoms with Gasteiger partial charge in [-0.05, 0) is 0 Å². The van der Waals surface area contributed by atoms with E-state index in [9.17, 15) is 5.11 Å². The van der Waals surface area contributed by atoms with Crippen LogP contribution in [0.25, 0.3) is 0 Å². The van der Waals surface area contributed by atoms with Crippen LogP contribution >= 0.6 is 0 Å². The van der Waals surface area contributed by atoms with Crippen LogP contribution in [0.1, 0.15) is 6.42 Å². The van der Waals surface area contributed by atoms with E-state index in [4.69, 9.17) is 0 Å². The second kappa shape index (κ2) is 2.43. The molecule has 0 aromatic heterocycles. The number of hydrogen-bond acceptors (Lipinski definition) is 1. The van der Waals surface area contributed by atoms with Gasteiger partial charge in [-0.1, -0.05) is 5.76 Å². The molecule has 0 saturated heterocycles. The van der Waals surface area contributed by atoms with Crippen molar-refractivity contribution >= 4 is 0 Å². The summed E-state index contributed by atoms with van der Waals surface area (Å²) in [7, 11) is 0. The van der Waals surface area contributed by atoms with Gasteiger partial charge in [-0.2, -0.15) is 0 Å². The molecule has 0 aromatic carbocycles. The molecule has 0 spiro atoms. The van der Waals surface area contributed by atoms with E-state index in [-0.39, 0.29) is 12.2 Å². The molecule has 0 fully saturated rings. The standard InChI is InChI=1S/C5H6O/c1-3-4-5(2)6/h1-2,4H2. The highest BCUT2D eigenvalue weighted by Gasteiger charge is 1.79. The van der Waals surface area contributed by atoms with E-state index in [1.807, 2.05) is 0 Å². The van der Waals surface area contributed by atoms with Crippen molar-refractivity contribution in [3.63, 3.8) is 0 Å². The fraction of sp³-hybridized carbons (Fsp3) is 0.200. The number of allylic oxidation sites excluding steroid dienone is 1. The predicted octanol–water partition coefficient (Wildman–Crippen LogP) is 0.240. The smallest absolute Gasteiger partial charge is 0.218 e. The summed E-state index contributed by atoms with van der Waals surface area (Å²) in [4.78, 5) is 0. The molecular formula is C5H6O. The highest BCUT2D eigenvalue weighted by atomic mass is 16.3. The molecule has 6 heavy (non-hydrogen) atoms. The SMILES string of the molecule is C=[C+]CC(=C)[O-]. The summed E-state index contributed by atoms with van der Waals surface area (Å²) in [6.07, 6.45) is 2.67. The maximum Gasteiger partial charge on any atom is 0.218 e. The van der Waals surface area contributed by atoms with Crippen molar-refractivity contribution in [3.8, 4) is 0 Å². The van der Waals surface area contributed by atoms with Crippen LogP contribution in [0.3, 0.4) is 0 Å². The van der Waals surface area contributed by atoms with Crippen molar-refractivity contribution in [2.24, 2.45) is 0 Å². The highest BCUT2D eigenvalue weighted by Crippen LogP contribution is 1.82. The second-order valence-corrected chi connectivity index (χ2v) is 0.965. The van der Waals surface area contributed by atoms with Crippen LogP contribution in [-0.2, 0) is 0 Å². The maximum absolute atomic E-state index is 9.83. The minimum absolute atomic E-state index is 0.134. The largest absolute Gasteiger partial charge is 0.873 e. The lowest BCUT2D eigenvalue weighted by Gasteiger charge is -1.93. The predicted molar refractivity (Wildman–Crippen MR) is 22.6 cm³/mol. The Labute approximate surface area is 37.6 Å². The third kappa shape index (κ3) is 3.19. The molecule has 1 nitrogen and oxygen atoms in total. The van der Waals surface area contributed by atoms with Crippen LogP contribution < -0.4 is 5.11 Å². The molecule has 0 aromatic rings. The minimum atomic E-state index is -0.134. The average Bonchev–Trinajstić information content (AvgIpc) is 1.35. The van der Waals surface area contributed by atoms with E-state index >= 15 is 0 Å². The van der Waals surface area contributed by atoms with E-state index in [0.717, 1.165) is 0 Å². The highest BCUT2D eigenvalue weighted by molar-refractivity contribution is 4.80. The Kier molecular flexibility index (Phi) is 2.10. The van der Waals surface area contributed by atoms with Gasteiger partial charge in [-0.25, -0.2) is 0 Å². The molecule has 0 saturated carbocycles. The minimum Gasteiger partial charge on any atom is -0.873 e. The molecule has 1 heteroatoms. The van der Waals surface area contributed by atoms with Crippen LogP contribution in [0.15, 0.2) is 18.9 Å². The normalized spacial score (nSPS) is 6.67. The van der Waals surface area contributed by atoms with E-state index in [0.29, 0.717) is 0 Å². The average molecular weight is 82.1 g/mol. The van der Waals surface area contributed by atoms with Gasteiger partial charge >= 0.3 is 0 Å². The molecule has 32 valence electrons. The van der Waals surface area contributed by atoms with E-state index in [1.54, 1.807) is 0 Å². The fourth-order valence-electron chi connectivity index (χ4n) is 0.139. The van der Waals surface area contributed by atoms with E-state index in [2.05, 4.69) is 19.2 Å². The Morgan fingerprint density at radius 2 is 2.33 bits per heavy atom. The van der Waals surface area contributed by atoms with Crippen LogP contribution in [0.4, 0.5) is 0 Å². The van der Waals surface area contributed by atoms with Gasteiger partial charge in [-0.15, -0.1) is 6.58 Å². The molecule has 0 unspecified atom stereocenters. The van der Waals surface area contributed by atoms with Crippen molar-refractivity contribution in [2.75, 3.05) is 0 Å². The summed E-state index contributed by atoms with van der Waals surface area (Å²) in [5.41, 5.74) is 0. The van der Waals surface area contributed by atoms with Crippen molar-refractivity contribution in [3.05, 3.63) is 25.0 Å². The van der Waals surface area contributed by atoms with Gasteiger partial charge in [0, 0.05) is 0 Å². The van der Waals surface area contributed by atoms with Gasteiger partial charge in [-0.3, -0.25) is 0 Å². The molecule has 0 amide bonds. The Morgan fingerprint density at radius 1 is 1.83 bits per heavy atom. The van der Waals surface area contributed by atoms with Gasteiger partial charge < -0.3 is 5.11 Å². The lowest BCUT2D eigenvalue weighted by Crippen LogP contribution is -1.98. The summed E-state index contributed by atoms with van der Waals surface area (Å²) in [6, 6.07) is 0. The third-order valence-electron chi connectivity index (χ3n) is 0.322. The molecule has 0 aliphatic rings. The van der Waals surface area contributed by atoms with E-state index < -0.39 is 0 Å². The quantitative estimate of drug-likeness (QED) is 0.345. The van der Waals surface area contributed by atoms with Gasteiger partial charge in [0.25, 0.3) is 0 Å². The first-order chi connectivity index (χ1) is 2.77. The van der Waals surface area contributed by atoms with Crippen molar-refractivity contribution in [1.82, 2.24) is 0 Å². The number of hydrogen-bond donors (Lipinski definition) is 0. The van der Waals surface area contributed by atoms with Gasteiger partial charge in [0.1, 0.15) is 6.58 Å². The summed E-state index contributed by atoms with van der Waals surface area (Å²) in [5, 5.41) is 9.83. The molecule has 0 radical (unpaired) electrons. The lowest BCUT2D eigenvalue weighted by molar-refractivity contribution is -0.304. The molecule has 0 bridgehead atoms. The zero-order chi connectivity index (χ0) is 4.99. The summed E-state index contributed by atoms with van der Waals surface area (Å²) >= 11 is 0. The summed E-state index contributed by atoms with van der Waals surface area (Å²) in [6.45, 7) is 6.30. The first-order valence-corrected chi connectivity index (χ1v) is 1.62. The Balaban J connectivity index is 3.05. The monoisotopic (exact) mass is 82.0 g/mol. The lowest BCUT2D eigenvalue weighted by atomic mass is 10.4. The first-order valence-electron chi connectivity index (χ1n) is 1.62. The topological polar surface area (TPSA) is 23.1 Å². The molecular weight excluding hydrogens is 76.1 g/mol. The van der Waals surface area contributed by atoms with Crippen LogP contribution in [0, 0.1) is 6.08 Å². The van der Waals surface area contributed by atoms with Crippen LogP contribution in [0.2, 0.25) is 0 Å². The zero-order valence-electron chi connectivity index (χ0n) is 3.53. The zero-order valence-corrected chi connectivity index (χ0v) is 3.53. The van der Waals surface area contributed by atoms with Crippen LogP contribution in [0.5, 0.6) is 0 Å². The Hall–Kier alpha value is -0.810. The van der Waals surface area contributed by atoms with Crippen LogP contribution in [-0.4, -0.2) is 0 Å². The van der Waals surface area contributed by atoms with Crippen molar-refractivity contribution in [1.29, 1.82) is 0 Å². The van der Waals surface area contributed by atoms with E-state index in [1.165, 1.54) is 0 Å². The fourth-order valence-corrected chi connectivity index (χ4v) is 0.139. The molecule has 0 heterocycles. The van der Waals surface area contributed by atoms with Crippen molar-refractivity contribution < 1.29 is 5.11 Å². The molecule has 0 atom stereocenters. The van der Waals surface area contributed by atoms with Gasteiger partial charge in [0.2, 0.25) is 6.08 Å². The number of rotatable bonds is 2. The van der Waals surface area contributed by atoms with Gasteiger partial charge in [0.05, 0.1) is 0 Å².